The molecular weight excluding hydrogens is 206 g/mol. The maximum atomic E-state index is 11.6. The van der Waals surface area contributed by atoms with Gasteiger partial charge in [0, 0.05) is 10.9 Å². The number of Topliss-reactive ketones (excluding diaryl/α,β-unsaturated/α-hetero) is 1. The zero-order valence-corrected chi connectivity index (χ0v) is 8.38. The number of aromatic hydroxyl groups is 1. The van der Waals surface area contributed by atoms with Crippen LogP contribution in [0, 0.1) is 4.91 Å². The Morgan fingerprint density at radius 2 is 1.81 bits per heavy atom. The van der Waals surface area contributed by atoms with Crippen LogP contribution < -0.4 is 0 Å². The molecule has 0 aromatic heterocycles. The summed E-state index contributed by atoms with van der Waals surface area (Å²) in [6.45, 7) is -0.380. The van der Waals surface area contributed by atoms with Gasteiger partial charge >= 0.3 is 0 Å². The molecule has 0 aliphatic heterocycles. The standard InChI is InChI=1S/C12H9NO3/c14-11-6-5-10(12(15)7-13-16)8-3-1-2-4-9(8)11/h1-6,14H,7H2. The molecule has 0 atom stereocenters. The van der Waals surface area contributed by atoms with Crippen LogP contribution in [0.15, 0.2) is 41.6 Å². The average molecular weight is 215 g/mol. The third-order valence-corrected chi connectivity index (χ3v) is 2.41. The molecule has 1 N–H and O–H groups in total. The van der Waals surface area contributed by atoms with Crippen molar-refractivity contribution in [3.05, 3.63) is 46.9 Å². The molecule has 2 rings (SSSR count). The van der Waals surface area contributed by atoms with Crippen molar-refractivity contribution in [3.8, 4) is 5.75 Å². The second kappa shape index (κ2) is 4.10. The van der Waals surface area contributed by atoms with Crippen molar-refractivity contribution < 1.29 is 9.90 Å². The van der Waals surface area contributed by atoms with Gasteiger partial charge in [0.2, 0.25) is 0 Å². The molecule has 0 aliphatic rings. The normalized spacial score (nSPS) is 10.2. The minimum absolute atomic E-state index is 0.117. The van der Waals surface area contributed by atoms with Gasteiger partial charge in [-0.25, -0.2) is 0 Å². The SMILES string of the molecule is O=NCC(=O)c1ccc(O)c2ccccc12. The molecule has 4 heteroatoms. The van der Waals surface area contributed by atoms with Crippen molar-refractivity contribution in [2.75, 3.05) is 6.54 Å². The number of phenols is 1. The Hall–Kier alpha value is -2.23. The molecule has 16 heavy (non-hydrogen) atoms. The number of nitrogens with zero attached hydrogens (tertiary/aromatic N) is 1. The van der Waals surface area contributed by atoms with Crippen LogP contribution in [0.3, 0.4) is 0 Å². The third kappa shape index (κ3) is 1.65. The van der Waals surface area contributed by atoms with Crippen molar-refractivity contribution >= 4 is 16.6 Å². The first-order valence-electron chi connectivity index (χ1n) is 4.77. The molecule has 2 aromatic rings. The van der Waals surface area contributed by atoms with Gasteiger partial charge in [0.15, 0.2) is 5.78 Å². The molecule has 2 aromatic carbocycles. The number of benzene rings is 2. The zero-order chi connectivity index (χ0) is 11.5. The molecular formula is C12H9NO3. The van der Waals surface area contributed by atoms with Crippen LogP contribution in [-0.4, -0.2) is 17.4 Å². The summed E-state index contributed by atoms with van der Waals surface area (Å²) in [6, 6.07) is 9.94. The Kier molecular flexibility index (Phi) is 2.64. The number of carbonyl (C=O) groups is 1. The first kappa shape index (κ1) is 10.3. The van der Waals surface area contributed by atoms with Crippen LogP contribution in [0.2, 0.25) is 0 Å². The molecule has 0 amide bonds. The largest absolute Gasteiger partial charge is 0.507 e. The van der Waals surface area contributed by atoms with Gasteiger partial charge in [-0.15, -0.1) is 0 Å². The highest BCUT2D eigenvalue weighted by Crippen LogP contribution is 2.27. The summed E-state index contributed by atoms with van der Waals surface area (Å²) in [5.41, 5.74) is 0.410. The van der Waals surface area contributed by atoms with E-state index in [4.69, 9.17) is 0 Å². The van der Waals surface area contributed by atoms with Gasteiger partial charge in [0.25, 0.3) is 0 Å². The van der Waals surface area contributed by atoms with E-state index in [-0.39, 0.29) is 18.1 Å². The molecule has 0 fully saturated rings. The van der Waals surface area contributed by atoms with E-state index < -0.39 is 0 Å². The highest BCUT2D eigenvalue weighted by atomic mass is 16.3. The van der Waals surface area contributed by atoms with E-state index in [2.05, 4.69) is 5.18 Å². The summed E-state index contributed by atoms with van der Waals surface area (Å²) in [4.78, 5) is 21.7. The maximum Gasteiger partial charge on any atom is 0.188 e. The summed E-state index contributed by atoms with van der Waals surface area (Å²) in [7, 11) is 0. The highest BCUT2D eigenvalue weighted by Gasteiger charge is 2.11. The van der Waals surface area contributed by atoms with E-state index in [0.717, 1.165) is 0 Å². The Morgan fingerprint density at radius 3 is 2.50 bits per heavy atom. The van der Waals surface area contributed by atoms with E-state index in [9.17, 15) is 14.8 Å². The van der Waals surface area contributed by atoms with Crippen LogP contribution in [0.4, 0.5) is 0 Å². The van der Waals surface area contributed by atoms with Gasteiger partial charge < -0.3 is 5.11 Å². The van der Waals surface area contributed by atoms with Crippen molar-refractivity contribution in [1.82, 2.24) is 0 Å². The molecule has 0 saturated carbocycles. The molecule has 80 valence electrons. The summed E-state index contributed by atoms with van der Waals surface area (Å²) in [6.07, 6.45) is 0. The monoisotopic (exact) mass is 215 g/mol. The molecule has 0 spiro atoms. The van der Waals surface area contributed by atoms with Gasteiger partial charge in [0.1, 0.15) is 12.3 Å². The lowest BCUT2D eigenvalue weighted by atomic mass is 10.0. The third-order valence-electron chi connectivity index (χ3n) is 2.41. The summed E-state index contributed by atoms with van der Waals surface area (Å²) < 4.78 is 0. The van der Waals surface area contributed by atoms with Crippen LogP contribution in [0.5, 0.6) is 5.75 Å². The van der Waals surface area contributed by atoms with Crippen molar-refractivity contribution in [2.45, 2.75) is 0 Å². The van der Waals surface area contributed by atoms with E-state index in [1.807, 2.05) is 0 Å². The Labute approximate surface area is 91.5 Å². The average Bonchev–Trinajstić information content (AvgIpc) is 2.30. The van der Waals surface area contributed by atoms with Gasteiger partial charge in [-0.2, -0.15) is 4.91 Å². The minimum Gasteiger partial charge on any atom is -0.507 e. The first-order chi connectivity index (χ1) is 7.74. The quantitative estimate of drug-likeness (QED) is 0.631. The lowest BCUT2D eigenvalue weighted by Crippen LogP contribution is -2.03. The fraction of sp³-hybridized carbons (Fsp3) is 0.0833. The number of nitroso groups, excluding NO2 is 1. The van der Waals surface area contributed by atoms with Gasteiger partial charge in [0.05, 0.1) is 0 Å². The summed E-state index contributed by atoms with van der Waals surface area (Å²) >= 11 is 0. The van der Waals surface area contributed by atoms with E-state index >= 15 is 0 Å². The van der Waals surface area contributed by atoms with Gasteiger partial charge in [-0.05, 0) is 17.5 Å². The number of hydrogen-bond donors (Lipinski definition) is 1. The molecule has 0 saturated heterocycles. The van der Waals surface area contributed by atoms with Crippen LogP contribution >= 0.6 is 0 Å². The highest BCUT2D eigenvalue weighted by molar-refractivity contribution is 6.10. The summed E-state index contributed by atoms with van der Waals surface area (Å²) in [5, 5.41) is 13.4. The smallest absolute Gasteiger partial charge is 0.188 e. The predicted molar refractivity (Wildman–Crippen MR) is 60.6 cm³/mol. The van der Waals surface area contributed by atoms with Crippen LogP contribution in [0.1, 0.15) is 10.4 Å². The van der Waals surface area contributed by atoms with E-state index in [0.29, 0.717) is 16.3 Å². The van der Waals surface area contributed by atoms with E-state index in [1.54, 1.807) is 24.3 Å². The lowest BCUT2D eigenvalue weighted by molar-refractivity contribution is 0.100. The molecule has 0 unspecified atom stereocenters. The molecule has 0 aliphatic carbocycles. The van der Waals surface area contributed by atoms with Crippen LogP contribution in [0.25, 0.3) is 10.8 Å². The zero-order valence-electron chi connectivity index (χ0n) is 8.38. The fourth-order valence-electron chi connectivity index (χ4n) is 1.67. The molecule has 0 radical (unpaired) electrons. The predicted octanol–water partition coefficient (Wildman–Crippen LogP) is 2.49. The Bertz CT molecular complexity index is 563. The molecule has 0 heterocycles. The minimum atomic E-state index is -0.380. The first-order valence-corrected chi connectivity index (χ1v) is 4.77. The fourth-order valence-corrected chi connectivity index (χ4v) is 1.67. The van der Waals surface area contributed by atoms with Crippen molar-refractivity contribution in [1.29, 1.82) is 0 Å². The van der Waals surface area contributed by atoms with Crippen LogP contribution in [-0.2, 0) is 0 Å². The number of ketones is 1. The summed E-state index contributed by atoms with van der Waals surface area (Å²) in [5.74, 6) is -0.225. The molecule has 0 bridgehead atoms. The van der Waals surface area contributed by atoms with E-state index in [1.165, 1.54) is 12.1 Å². The number of carbonyl (C=O) groups excluding carboxylic acids is 1. The Morgan fingerprint density at radius 1 is 1.12 bits per heavy atom. The number of fused-ring (bicyclic) bond motifs is 1. The maximum absolute atomic E-state index is 11.6. The number of hydrogen-bond acceptors (Lipinski definition) is 4. The lowest BCUT2D eigenvalue weighted by Gasteiger charge is -2.05. The van der Waals surface area contributed by atoms with Gasteiger partial charge in [-0.1, -0.05) is 29.4 Å². The van der Waals surface area contributed by atoms with Gasteiger partial charge in [-0.3, -0.25) is 4.79 Å². The number of phenolic OH excluding ortho intramolecular Hbond substituents is 1. The Balaban J connectivity index is 2.67. The second-order valence-corrected chi connectivity index (χ2v) is 3.39. The van der Waals surface area contributed by atoms with Crippen molar-refractivity contribution in [3.63, 3.8) is 0 Å². The number of rotatable bonds is 3. The second-order valence-electron chi connectivity index (χ2n) is 3.39. The topological polar surface area (TPSA) is 66.7 Å². The molecule has 4 nitrogen and oxygen atoms in total. The van der Waals surface area contributed by atoms with Crippen molar-refractivity contribution in [2.24, 2.45) is 5.18 Å².